The first-order valence-electron chi connectivity index (χ1n) is 8.03. The summed E-state index contributed by atoms with van der Waals surface area (Å²) in [6.07, 6.45) is 2.83. The Morgan fingerprint density at radius 2 is 2.32 bits per heavy atom. The number of carbonyl (C=O) groups is 1. The fraction of sp³-hybridized carbons (Fsp3) is 0.588. The molecule has 1 aromatic carbocycles. The average Bonchev–Trinajstić information content (AvgIpc) is 3.00. The van der Waals surface area contributed by atoms with Gasteiger partial charge in [0.05, 0.1) is 19.3 Å². The largest absolute Gasteiger partial charge is 0.494 e. The minimum atomic E-state index is -0.0951. The molecule has 0 aliphatic carbocycles. The average molecular weight is 306 g/mol. The van der Waals surface area contributed by atoms with Crippen molar-refractivity contribution in [2.24, 2.45) is 0 Å². The summed E-state index contributed by atoms with van der Waals surface area (Å²) >= 11 is 0. The van der Waals surface area contributed by atoms with Gasteiger partial charge in [-0.15, -0.1) is 0 Å². The van der Waals surface area contributed by atoms with Crippen LogP contribution in [0.3, 0.4) is 0 Å². The summed E-state index contributed by atoms with van der Waals surface area (Å²) < 4.78 is 5.60. The van der Waals surface area contributed by atoms with Gasteiger partial charge in [0.25, 0.3) is 0 Å². The van der Waals surface area contributed by atoms with E-state index >= 15 is 0 Å². The number of nitrogens with zero attached hydrogens (tertiary/aromatic N) is 1. The van der Waals surface area contributed by atoms with Crippen LogP contribution in [-0.2, 0) is 6.54 Å². The lowest BCUT2D eigenvalue weighted by atomic mass is 10.1. The monoisotopic (exact) mass is 306 g/mol. The number of urea groups is 1. The highest BCUT2D eigenvalue weighted by Crippen LogP contribution is 2.19. The number of hydrogen-bond donors (Lipinski definition) is 2. The summed E-state index contributed by atoms with van der Waals surface area (Å²) in [6, 6.07) is 5.81. The van der Waals surface area contributed by atoms with E-state index in [2.05, 4.69) is 12.2 Å². The zero-order valence-corrected chi connectivity index (χ0v) is 13.5. The molecule has 0 bridgehead atoms. The van der Waals surface area contributed by atoms with Gasteiger partial charge < -0.3 is 20.1 Å². The molecule has 0 spiro atoms. The van der Waals surface area contributed by atoms with Crippen molar-refractivity contribution in [1.29, 1.82) is 0 Å². The maximum absolute atomic E-state index is 12.2. The van der Waals surface area contributed by atoms with Crippen LogP contribution < -0.4 is 10.1 Å². The van der Waals surface area contributed by atoms with Gasteiger partial charge in [-0.2, -0.15) is 0 Å². The van der Waals surface area contributed by atoms with Crippen molar-refractivity contribution in [1.82, 2.24) is 10.2 Å². The second kappa shape index (κ2) is 8.03. The van der Waals surface area contributed by atoms with Crippen LogP contribution in [0.1, 0.15) is 37.3 Å². The Hall–Kier alpha value is -1.75. The first-order chi connectivity index (χ1) is 10.7. The molecule has 122 valence electrons. The Labute approximate surface area is 132 Å². The number of likely N-dealkylation sites (tertiary alicyclic amines) is 1. The summed E-state index contributed by atoms with van der Waals surface area (Å²) in [7, 11) is 0. The smallest absolute Gasteiger partial charge is 0.317 e. The number of aliphatic hydroxyl groups excluding tert-OH is 1. The van der Waals surface area contributed by atoms with Crippen molar-refractivity contribution >= 4 is 6.03 Å². The van der Waals surface area contributed by atoms with E-state index < -0.39 is 0 Å². The minimum absolute atomic E-state index is 0.0362. The van der Waals surface area contributed by atoms with Crippen molar-refractivity contribution in [2.75, 3.05) is 19.8 Å². The molecule has 2 amide bonds. The summed E-state index contributed by atoms with van der Waals surface area (Å²) in [5, 5.41) is 12.2. The molecule has 2 N–H and O–H groups in total. The van der Waals surface area contributed by atoms with Gasteiger partial charge in [-0.3, -0.25) is 0 Å². The zero-order chi connectivity index (χ0) is 15.9. The molecule has 1 fully saturated rings. The standard InChI is InChI=1S/C17H26N2O3/c1-3-9-22-16-7-6-14(13(2)10-16)11-18-17(21)19-8-4-5-15(19)12-20/h6-7,10,15,20H,3-5,8-9,11-12H2,1-2H3,(H,18,21)/t15-/m0/s1. The van der Waals surface area contributed by atoms with Crippen LogP contribution in [0.25, 0.3) is 0 Å². The van der Waals surface area contributed by atoms with E-state index in [1.54, 1.807) is 4.90 Å². The molecular weight excluding hydrogens is 280 g/mol. The lowest BCUT2D eigenvalue weighted by Crippen LogP contribution is -2.43. The fourth-order valence-electron chi connectivity index (χ4n) is 2.74. The van der Waals surface area contributed by atoms with Gasteiger partial charge in [0, 0.05) is 13.1 Å². The van der Waals surface area contributed by atoms with Crippen molar-refractivity contribution in [3.8, 4) is 5.75 Å². The topological polar surface area (TPSA) is 61.8 Å². The molecule has 5 heteroatoms. The van der Waals surface area contributed by atoms with Gasteiger partial charge in [0.1, 0.15) is 5.75 Å². The number of aliphatic hydroxyl groups is 1. The Kier molecular flexibility index (Phi) is 6.07. The van der Waals surface area contributed by atoms with E-state index in [0.29, 0.717) is 13.2 Å². The van der Waals surface area contributed by atoms with Crippen LogP contribution in [0, 0.1) is 6.92 Å². The highest BCUT2D eigenvalue weighted by Gasteiger charge is 2.27. The maximum atomic E-state index is 12.2. The van der Waals surface area contributed by atoms with Gasteiger partial charge in [0.2, 0.25) is 0 Å². The number of nitrogens with one attached hydrogen (secondary N) is 1. The quantitative estimate of drug-likeness (QED) is 0.848. The molecule has 1 heterocycles. The molecule has 2 rings (SSSR count). The number of amides is 2. The maximum Gasteiger partial charge on any atom is 0.317 e. The number of benzene rings is 1. The third-order valence-electron chi connectivity index (χ3n) is 4.07. The first-order valence-corrected chi connectivity index (χ1v) is 8.03. The molecule has 22 heavy (non-hydrogen) atoms. The Morgan fingerprint density at radius 1 is 1.50 bits per heavy atom. The molecule has 1 aromatic rings. The normalized spacial score (nSPS) is 17.6. The van der Waals surface area contributed by atoms with Gasteiger partial charge in [0.15, 0.2) is 0 Å². The molecule has 0 unspecified atom stereocenters. The van der Waals surface area contributed by atoms with Crippen LogP contribution in [-0.4, -0.2) is 41.8 Å². The summed E-state index contributed by atoms with van der Waals surface area (Å²) in [6.45, 7) is 6.07. The van der Waals surface area contributed by atoms with E-state index in [9.17, 15) is 9.90 Å². The predicted molar refractivity (Wildman–Crippen MR) is 86.0 cm³/mol. The number of aryl methyl sites for hydroxylation is 1. The van der Waals surface area contributed by atoms with Crippen molar-refractivity contribution < 1.29 is 14.6 Å². The summed E-state index contributed by atoms with van der Waals surface area (Å²) in [5.41, 5.74) is 2.19. The van der Waals surface area contributed by atoms with Crippen LogP contribution in [0.5, 0.6) is 5.75 Å². The van der Waals surface area contributed by atoms with E-state index in [-0.39, 0.29) is 18.7 Å². The highest BCUT2D eigenvalue weighted by atomic mass is 16.5. The number of hydrogen-bond acceptors (Lipinski definition) is 3. The van der Waals surface area contributed by atoms with E-state index in [0.717, 1.165) is 42.7 Å². The molecule has 1 aliphatic heterocycles. The van der Waals surface area contributed by atoms with Crippen molar-refractivity contribution in [3.63, 3.8) is 0 Å². The Morgan fingerprint density at radius 3 is 3.00 bits per heavy atom. The number of rotatable bonds is 6. The van der Waals surface area contributed by atoms with Crippen molar-refractivity contribution in [2.45, 2.75) is 45.7 Å². The van der Waals surface area contributed by atoms with Crippen LogP contribution in [0.2, 0.25) is 0 Å². The fourth-order valence-corrected chi connectivity index (χ4v) is 2.74. The number of carbonyl (C=O) groups excluding carboxylic acids is 1. The second-order valence-electron chi connectivity index (χ2n) is 5.77. The Balaban J connectivity index is 1.89. The molecule has 0 saturated carbocycles. The molecule has 1 saturated heterocycles. The molecule has 1 aliphatic rings. The van der Waals surface area contributed by atoms with Crippen molar-refractivity contribution in [3.05, 3.63) is 29.3 Å². The van der Waals surface area contributed by atoms with Gasteiger partial charge >= 0.3 is 6.03 Å². The zero-order valence-electron chi connectivity index (χ0n) is 13.5. The molecule has 5 nitrogen and oxygen atoms in total. The van der Waals surface area contributed by atoms with Crippen LogP contribution in [0.4, 0.5) is 4.79 Å². The predicted octanol–water partition coefficient (Wildman–Crippen LogP) is 2.45. The third kappa shape index (κ3) is 4.13. The molecule has 0 aromatic heterocycles. The highest BCUT2D eigenvalue weighted by molar-refractivity contribution is 5.74. The number of ether oxygens (including phenoxy) is 1. The van der Waals surface area contributed by atoms with Crippen LogP contribution >= 0.6 is 0 Å². The third-order valence-corrected chi connectivity index (χ3v) is 4.07. The SMILES string of the molecule is CCCOc1ccc(CNC(=O)N2CCC[C@H]2CO)c(C)c1. The van der Waals surface area contributed by atoms with Gasteiger partial charge in [-0.1, -0.05) is 13.0 Å². The van der Waals surface area contributed by atoms with E-state index in [1.807, 2.05) is 25.1 Å². The summed E-state index contributed by atoms with van der Waals surface area (Å²) in [5.74, 6) is 0.870. The molecule has 0 radical (unpaired) electrons. The van der Waals surface area contributed by atoms with Gasteiger partial charge in [-0.25, -0.2) is 4.79 Å². The first kappa shape index (κ1) is 16.6. The summed E-state index contributed by atoms with van der Waals surface area (Å²) in [4.78, 5) is 13.9. The lowest BCUT2D eigenvalue weighted by molar-refractivity contribution is 0.157. The second-order valence-corrected chi connectivity index (χ2v) is 5.77. The molecule has 1 atom stereocenters. The minimum Gasteiger partial charge on any atom is -0.494 e. The van der Waals surface area contributed by atoms with Crippen LogP contribution in [0.15, 0.2) is 18.2 Å². The Bertz CT molecular complexity index is 505. The molecular formula is C17H26N2O3. The van der Waals surface area contributed by atoms with E-state index in [1.165, 1.54) is 0 Å². The van der Waals surface area contributed by atoms with Gasteiger partial charge in [-0.05, 0) is 49.4 Å². The lowest BCUT2D eigenvalue weighted by Gasteiger charge is -2.23. The van der Waals surface area contributed by atoms with E-state index in [4.69, 9.17) is 4.74 Å².